The van der Waals surface area contributed by atoms with Crippen LogP contribution in [0.25, 0.3) is 0 Å². The summed E-state index contributed by atoms with van der Waals surface area (Å²) < 4.78 is 5.55. The van der Waals surface area contributed by atoms with Crippen molar-refractivity contribution in [3.05, 3.63) is 29.8 Å². The molecular formula is C17H26N2O3. The summed E-state index contributed by atoms with van der Waals surface area (Å²) in [6, 6.07) is 7.40. The van der Waals surface area contributed by atoms with E-state index in [9.17, 15) is 9.90 Å². The van der Waals surface area contributed by atoms with Crippen molar-refractivity contribution in [2.45, 2.75) is 26.4 Å². The fraction of sp³-hybridized carbons (Fsp3) is 0.588. The van der Waals surface area contributed by atoms with Crippen LogP contribution in [0, 0.1) is 0 Å². The Kier molecular flexibility index (Phi) is 6.21. The van der Waals surface area contributed by atoms with Gasteiger partial charge in [0, 0.05) is 32.7 Å². The molecule has 0 radical (unpaired) electrons. The number of ether oxygens (including phenoxy) is 1. The predicted octanol–water partition coefficient (Wildman–Crippen LogP) is 1.61. The second-order valence-electron chi connectivity index (χ2n) is 5.58. The lowest BCUT2D eigenvalue weighted by molar-refractivity contribution is 0.0521. The summed E-state index contributed by atoms with van der Waals surface area (Å²) in [6.07, 6.45) is 0.488. The minimum absolute atomic E-state index is 0.0275. The van der Waals surface area contributed by atoms with Gasteiger partial charge in [0.1, 0.15) is 5.75 Å². The van der Waals surface area contributed by atoms with E-state index in [2.05, 4.69) is 4.90 Å². The van der Waals surface area contributed by atoms with Gasteiger partial charge in [-0.25, -0.2) is 0 Å². The molecule has 1 fully saturated rings. The first-order valence-electron chi connectivity index (χ1n) is 8.07. The number of aliphatic hydroxyl groups is 1. The van der Waals surface area contributed by atoms with E-state index in [1.54, 1.807) is 0 Å². The topological polar surface area (TPSA) is 53.0 Å². The highest BCUT2D eigenvalue weighted by atomic mass is 16.5. The monoisotopic (exact) mass is 306 g/mol. The Morgan fingerprint density at radius 3 is 2.55 bits per heavy atom. The van der Waals surface area contributed by atoms with E-state index in [1.165, 1.54) is 0 Å². The quantitative estimate of drug-likeness (QED) is 0.867. The number of para-hydroxylation sites is 1. The average molecular weight is 306 g/mol. The van der Waals surface area contributed by atoms with Crippen LogP contribution >= 0.6 is 0 Å². The van der Waals surface area contributed by atoms with Crippen molar-refractivity contribution in [1.82, 2.24) is 9.80 Å². The first-order chi connectivity index (χ1) is 10.7. The van der Waals surface area contributed by atoms with Gasteiger partial charge in [-0.05, 0) is 25.5 Å². The highest BCUT2D eigenvalue weighted by molar-refractivity contribution is 5.97. The largest absolute Gasteiger partial charge is 0.493 e. The number of β-amino-alcohol motifs (C(OH)–C–C–N with tert-alkyl or cyclic N) is 1. The van der Waals surface area contributed by atoms with Crippen LogP contribution in [0.2, 0.25) is 0 Å². The molecule has 0 aromatic heterocycles. The highest BCUT2D eigenvalue weighted by Gasteiger charge is 2.24. The summed E-state index contributed by atoms with van der Waals surface area (Å²) in [4.78, 5) is 16.7. The van der Waals surface area contributed by atoms with Gasteiger partial charge in [-0.1, -0.05) is 19.1 Å². The summed E-state index contributed by atoms with van der Waals surface area (Å²) >= 11 is 0. The minimum Gasteiger partial charge on any atom is -0.493 e. The van der Waals surface area contributed by atoms with Crippen LogP contribution in [-0.2, 0) is 0 Å². The number of piperazine rings is 1. The van der Waals surface area contributed by atoms with Gasteiger partial charge in [-0.3, -0.25) is 9.69 Å². The average Bonchev–Trinajstić information content (AvgIpc) is 2.55. The number of carbonyl (C=O) groups is 1. The summed E-state index contributed by atoms with van der Waals surface area (Å²) in [5.41, 5.74) is 0.631. The van der Waals surface area contributed by atoms with Crippen LogP contribution in [0.4, 0.5) is 0 Å². The molecule has 0 spiro atoms. The Balaban J connectivity index is 1.95. The van der Waals surface area contributed by atoms with E-state index in [1.807, 2.05) is 43.0 Å². The third-order valence-electron chi connectivity index (χ3n) is 4.02. The number of nitrogens with zero attached hydrogens (tertiary/aromatic N) is 2. The standard InChI is InChI=1S/C17H26N2O3/c1-3-14(20)13-18-9-11-19(12-10-18)17(21)15-7-5-6-8-16(15)22-4-2/h5-8,14,20H,3-4,9-13H2,1-2H3/t14-/m1/s1. The molecule has 22 heavy (non-hydrogen) atoms. The SMILES string of the molecule is CCOc1ccccc1C(=O)N1CCN(C[C@H](O)CC)CC1. The first-order valence-corrected chi connectivity index (χ1v) is 8.07. The van der Waals surface area contributed by atoms with E-state index in [0.29, 0.717) is 37.6 Å². The van der Waals surface area contributed by atoms with E-state index >= 15 is 0 Å². The van der Waals surface area contributed by atoms with E-state index in [0.717, 1.165) is 19.5 Å². The Bertz CT molecular complexity index is 485. The fourth-order valence-corrected chi connectivity index (χ4v) is 2.66. The van der Waals surface area contributed by atoms with Gasteiger partial charge in [0.05, 0.1) is 18.3 Å². The minimum atomic E-state index is -0.277. The summed E-state index contributed by atoms with van der Waals surface area (Å²) in [7, 11) is 0. The maximum atomic E-state index is 12.7. The maximum Gasteiger partial charge on any atom is 0.257 e. The molecule has 1 aliphatic rings. The van der Waals surface area contributed by atoms with Crippen molar-refractivity contribution < 1.29 is 14.6 Å². The number of carbonyl (C=O) groups excluding carboxylic acids is 1. The maximum absolute atomic E-state index is 12.7. The van der Waals surface area contributed by atoms with Crippen molar-refractivity contribution >= 4 is 5.91 Å². The zero-order valence-electron chi connectivity index (χ0n) is 13.5. The summed E-state index contributed by atoms with van der Waals surface area (Å²) in [6.45, 7) is 8.12. The molecular weight excluding hydrogens is 280 g/mol. The molecule has 1 atom stereocenters. The van der Waals surface area contributed by atoms with Crippen molar-refractivity contribution in [2.24, 2.45) is 0 Å². The second-order valence-corrected chi connectivity index (χ2v) is 5.58. The molecule has 2 rings (SSSR count). The molecule has 1 aromatic rings. The molecule has 0 aliphatic carbocycles. The molecule has 1 heterocycles. The number of benzene rings is 1. The van der Waals surface area contributed by atoms with Gasteiger partial charge in [0.15, 0.2) is 0 Å². The van der Waals surface area contributed by atoms with Gasteiger partial charge < -0.3 is 14.7 Å². The van der Waals surface area contributed by atoms with Crippen molar-refractivity contribution in [2.75, 3.05) is 39.3 Å². The number of amides is 1. The number of rotatable bonds is 6. The van der Waals surface area contributed by atoms with E-state index < -0.39 is 0 Å². The molecule has 1 aromatic carbocycles. The molecule has 1 aliphatic heterocycles. The summed E-state index contributed by atoms with van der Waals surface area (Å²) in [5.74, 6) is 0.679. The fourth-order valence-electron chi connectivity index (χ4n) is 2.66. The number of hydrogen-bond acceptors (Lipinski definition) is 4. The molecule has 0 bridgehead atoms. The molecule has 1 N–H and O–H groups in total. The Morgan fingerprint density at radius 1 is 1.23 bits per heavy atom. The third kappa shape index (κ3) is 4.21. The molecule has 1 amide bonds. The molecule has 0 saturated carbocycles. The molecule has 1 saturated heterocycles. The van der Waals surface area contributed by atoms with Gasteiger partial charge >= 0.3 is 0 Å². The van der Waals surface area contributed by atoms with Crippen molar-refractivity contribution in [3.8, 4) is 5.75 Å². The molecule has 0 unspecified atom stereocenters. The third-order valence-corrected chi connectivity index (χ3v) is 4.02. The lowest BCUT2D eigenvalue weighted by Gasteiger charge is -2.35. The van der Waals surface area contributed by atoms with Crippen molar-refractivity contribution in [3.63, 3.8) is 0 Å². The van der Waals surface area contributed by atoms with Gasteiger partial charge in [-0.2, -0.15) is 0 Å². The van der Waals surface area contributed by atoms with Crippen LogP contribution in [0.1, 0.15) is 30.6 Å². The second kappa shape index (κ2) is 8.15. The van der Waals surface area contributed by atoms with Crippen LogP contribution in [-0.4, -0.2) is 66.2 Å². The molecule has 5 nitrogen and oxygen atoms in total. The van der Waals surface area contributed by atoms with Gasteiger partial charge in [0.2, 0.25) is 0 Å². The molecule has 5 heteroatoms. The predicted molar refractivity (Wildman–Crippen MR) is 86.3 cm³/mol. The first kappa shape index (κ1) is 16.8. The smallest absolute Gasteiger partial charge is 0.257 e. The van der Waals surface area contributed by atoms with Crippen LogP contribution in [0.3, 0.4) is 0 Å². The van der Waals surface area contributed by atoms with E-state index in [4.69, 9.17) is 4.74 Å². The number of aliphatic hydroxyl groups excluding tert-OH is 1. The Labute approximate surface area is 132 Å². The number of hydrogen-bond donors (Lipinski definition) is 1. The van der Waals surface area contributed by atoms with Crippen LogP contribution < -0.4 is 4.74 Å². The Hall–Kier alpha value is -1.59. The summed E-state index contributed by atoms with van der Waals surface area (Å²) in [5, 5.41) is 9.72. The van der Waals surface area contributed by atoms with Gasteiger partial charge in [-0.15, -0.1) is 0 Å². The van der Waals surface area contributed by atoms with Crippen LogP contribution in [0.5, 0.6) is 5.75 Å². The van der Waals surface area contributed by atoms with E-state index in [-0.39, 0.29) is 12.0 Å². The van der Waals surface area contributed by atoms with Crippen LogP contribution in [0.15, 0.2) is 24.3 Å². The highest BCUT2D eigenvalue weighted by Crippen LogP contribution is 2.20. The normalized spacial score (nSPS) is 17.3. The van der Waals surface area contributed by atoms with Crippen molar-refractivity contribution in [1.29, 1.82) is 0 Å². The molecule has 122 valence electrons. The lowest BCUT2D eigenvalue weighted by atomic mass is 10.1. The zero-order valence-corrected chi connectivity index (χ0v) is 13.5. The lowest BCUT2D eigenvalue weighted by Crippen LogP contribution is -2.50. The Morgan fingerprint density at radius 2 is 1.91 bits per heavy atom. The zero-order chi connectivity index (χ0) is 15.9. The van der Waals surface area contributed by atoms with Gasteiger partial charge in [0.25, 0.3) is 5.91 Å².